The zero-order valence-electron chi connectivity index (χ0n) is 11.2. The van der Waals surface area contributed by atoms with Crippen molar-refractivity contribution in [3.63, 3.8) is 0 Å². The second-order valence-corrected chi connectivity index (χ2v) is 4.61. The van der Waals surface area contributed by atoms with E-state index in [0.717, 1.165) is 16.5 Å². The van der Waals surface area contributed by atoms with Gasteiger partial charge in [0.15, 0.2) is 0 Å². The first-order chi connectivity index (χ1) is 10.2. The molecule has 5 heteroatoms. The molecule has 4 N–H and O–H groups in total. The van der Waals surface area contributed by atoms with E-state index in [1.807, 2.05) is 30.5 Å². The van der Waals surface area contributed by atoms with Crippen molar-refractivity contribution in [1.82, 2.24) is 10.4 Å². The minimum atomic E-state index is -0.293. The van der Waals surface area contributed by atoms with Gasteiger partial charge in [0, 0.05) is 33.9 Å². The van der Waals surface area contributed by atoms with Crippen LogP contribution in [0.5, 0.6) is 0 Å². The number of para-hydroxylation sites is 1. The lowest BCUT2D eigenvalue weighted by atomic mass is 10.2. The number of anilines is 1. The molecular weight excluding hydrogens is 264 g/mol. The molecule has 0 unspecified atom stereocenters. The lowest BCUT2D eigenvalue weighted by Gasteiger charge is -2.00. The number of fused-ring (bicyclic) bond motifs is 1. The zero-order valence-corrected chi connectivity index (χ0v) is 11.2. The fraction of sp³-hybridized carbons (Fsp3) is 0. The number of amides is 1. The molecule has 0 aliphatic carbocycles. The molecule has 21 heavy (non-hydrogen) atoms. The van der Waals surface area contributed by atoms with Crippen LogP contribution in [0.3, 0.4) is 0 Å². The summed E-state index contributed by atoms with van der Waals surface area (Å²) in [4.78, 5) is 15.0. The summed E-state index contributed by atoms with van der Waals surface area (Å²) in [5.74, 6) is -0.293. The number of nitrogens with one attached hydrogen (secondary N) is 2. The van der Waals surface area contributed by atoms with Gasteiger partial charge in [0.2, 0.25) is 0 Å². The van der Waals surface area contributed by atoms with Crippen molar-refractivity contribution in [2.24, 2.45) is 5.10 Å². The van der Waals surface area contributed by atoms with Crippen LogP contribution in [-0.2, 0) is 0 Å². The Morgan fingerprint density at radius 2 is 2.05 bits per heavy atom. The molecule has 0 spiro atoms. The molecule has 5 nitrogen and oxygen atoms in total. The van der Waals surface area contributed by atoms with Crippen LogP contribution in [0.2, 0.25) is 0 Å². The van der Waals surface area contributed by atoms with Gasteiger partial charge in [-0.1, -0.05) is 24.3 Å². The van der Waals surface area contributed by atoms with Gasteiger partial charge in [-0.2, -0.15) is 5.10 Å². The van der Waals surface area contributed by atoms with Crippen molar-refractivity contribution in [1.29, 1.82) is 0 Å². The third-order valence-electron chi connectivity index (χ3n) is 3.14. The summed E-state index contributed by atoms with van der Waals surface area (Å²) in [6, 6.07) is 14.6. The van der Waals surface area contributed by atoms with E-state index < -0.39 is 0 Å². The number of hydrazone groups is 1. The zero-order chi connectivity index (χ0) is 14.7. The maximum Gasteiger partial charge on any atom is 0.271 e. The highest BCUT2D eigenvalue weighted by atomic mass is 16.2. The Bertz CT molecular complexity index is 820. The number of aromatic amines is 1. The SMILES string of the molecule is Nc1cccc(C(=O)N/N=C\c2c[nH]c3ccccc23)c1. The van der Waals surface area contributed by atoms with E-state index in [4.69, 9.17) is 5.73 Å². The average Bonchev–Trinajstić information content (AvgIpc) is 2.91. The van der Waals surface area contributed by atoms with E-state index in [0.29, 0.717) is 11.3 Å². The summed E-state index contributed by atoms with van der Waals surface area (Å²) < 4.78 is 0. The summed E-state index contributed by atoms with van der Waals surface area (Å²) in [5.41, 5.74) is 11.1. The van der Waals surface area contributed by atoms with Crippen LogP contribution in [0.1, 0.15) is 15.9 Å². The summed E-state index contributed by atoms with van der Waals surface area (Å²) in [5, 5.41) is 5.04. The highest BCUT2D eigenvalue weighted by Gasteiger charge is 2.04. The Hall–Kier alpha value is -3.08. The van der Waals surface area contributed by atoms with Gasteiger partial charge in [-0.3, -0.25) is 4.79 Å². The Kier molecular flexibility index (Phi) is 3.39. The highest BCUT2D eigenvalue weighted by Crippen LogP contribution is 2.15. The lowest BCUT2D eigenvalue weighted by Crippen LogP contribution is -2.17. The van der Waals surface area contributed by atoms with E-state index in [1.54, 1.807) is 30.5 Å². The fourth-order valence-corrected chi connectivity index (χ4v) is 2.11. The Morgan fingerprint density at radius 3 is 2.90 bits per heavy atom. The molecule has 0 radical (unpaired) electrons. The van der Waals surface area contributed by atoms with Crippen LogP contribution < -0.4 is 11.2 Å². The predicted octanol–water partition coefficient (Wildman–Crippen LogP) is 2.51. The number of nitrogen functional groups attached to an aromatic ring is 1. The molecule has 3 rings (SSSR count). The van der Waals surface area contributed by atoms with Gasteiger partial charge in [-0.05, 0) is 24.3 Å². The average molecular weight is 278 g/mol. The molecule has 104 valence electrons. The molecule has 0 saturated carbocycles. The topological polar surface area (TPSA) is 83.3 Å². The van der Waals surface area contributed by atoms with Gasteiger partial charge < -0.3 is 10.7 Å². The molecule has 0 atom stereocenters. The first-order valence-corrected chi connectivity index (χ1v) is 6.49. The predicted molar refractivity (Wildman–Crippen MR) is 84.2 cm³/mol. The number of nitrogens with two attached hydrogens (primary N) is 1. The van der Waals surface area contributed by atoms with Crippen LogP contribution in [0, 0.1) is 0 Å². The molecule has 0 aliphatic heterocycles. The van der Waals surface area contributed by atoms with Crippen molar-refractivity contribution >= 4 is 28.7 Å². The number of aromatic nitrogens is 1. The molecule has 1 aromatic heterocycles. The molecule has 0 aliphatic rings. The maximum absolute atomic E-state index is 11.9. The second-order valence-electron chi connectivity index (χ2n) is 4.61. The first-order valence-electron chi connectivity index (χ1n) is 6.49. The highest BCUT2D eigenvalue weighted by molar-refractivity contribution is 6.00. The number of H-pyrrole nitrogens is 1. The number of carbonyl (C=O) groups is 1. The summed E-state index contributed by atoms with van der Waals surface area (Å²) in [6.45, 7) is 0. The van der Waals surface area contributed by atoms with Gasteiger partial charge in [-0.25, -0.2) is 5.43 Å². The Labute approximate surface area is 121 Å². The van der Waals surface area contributed by atoms with Crippen molar-refractivity contribution in [3.05, 3.63) is 65.9 Å². The first kappa shape index (κ1) is 12.9. The lowest BCUT2D eigenvalue weighted by molar-refractivity contribution is 0.0955. The molecule has 1 amide bonds. The number of nitrogens with zero attached hydrogens (tertiary/aromatic N) is 1. The number of carbonyl (C=O) groups excluding carboxylic acids is 1. The molecule has 0 fully saturated rings. The van der Waals surface area contributed by atoms with Crippen LogP contribution >= 0.6 is 0 Å². The van der Waals surface area contributed by atoms with Crippen LogP contribution in [0.4, 0.5) is 5.69 Å². The van der Waals surface area contributed by atoms with E-state index >= 15 is 0 Å². The van der Waals surface area contributed by atoms with E-state index in [2.05, 4.69) is 15.5 Å². The van der Waals surface area contributed by atoms with E-state index in [9.17, 15) is 4.79 Å². The van der Waals surface area contributed by atoms with Crippen molar-refractivity contribution < 1.29 is 4.79 Å². The normalized spacial score (nSPS) is 11.0. The number of benzene rings is 2. The Balaban J connectivity index is 1.74. The largest absolute Gasteiger partial charge is 0.399 e. The molecular formula is C16H14N4O. The number of rotatable bonds is 3. The minimum absolute atomic E-state index is 0.293. The second kappa shape index (κ2) is 5.50. The monoisotopic (exact) mass is 278 g/mol. The van der Waals surface area contributed by atoms with Gasteiger partial charge in [0.1, 0.15) is 0 Å². The van der Waals surface area contributed by atoms with Gasteiger partial charge in [0.05, 0.1) is 6.21 Å². The van der Waals surface area contributed by atoms with E-state index in [1.165, 1.54) is 0 Å². The fourth-order valence-electron chi connectivity index (χ4n) is 2.11. The summed E-state index contributed by atoms with van der Waals surface area (Å²) in [6.07, 6.45) is 3.46. The smallest absolute Gasteiger partial charge is 0.271 e. The quantitative estimate of drug-likeness (QED) is 0.391. The molecule has 0 saturated heterocycles. The third-order valence-corrected chi connectivity index (χ3v) is 3.14. The van der Waals surface area contributed by atoms with Crippen molar-refractivity contribution in [2.75, 3.05) is 5.73 Å². The van der Waals surface area contributed by atoms with Crippen LogP contribution in [0.25, 0.3) is 10.9 Å². The molecule has 0 bridgehead atoms. The summed E-state index contributed by atoms with van der Waals surface area (Å²) >= 11 is 0. The van der Waals surface area contributed by atoms with Gasteiger partial charge in [-0.15, -0.1) is 0 Å². The molecule has 1 heterocycles. The van der Waals surface area contributed by atoms with Crippen LogP contribution in [-0.4, -0.2) is 17.1 Å². The minimum Gasteiger partial charge on any atom is -0.399 e. The molecule has 2 aromatic carbocycles. The van der Waals surface area contributed by atoms with Gasteiger partial charge >= 0.3 is 0 Å². The van der Waals surface area contributed by atoms with Crippen molar-refractivity contribution in [3.8, 4) is 0 Å². The summed E-state index contributed by atoms with van der Waals surface area (Å²) in [7, 11) is 0. The van der Waals surface area contributed by atoms with E-state index in [-0.39, 0.29) is 5.91 Å². The van der Waals surface area contributed by atoms with Crippen molar-refractivity contribution in [2.45, 2.75) is 0 Å². The Morgan fingerprint density at radius 1 is 1.19 bits per heavy atom. The molecule has 3 aromatic rings. The van der Waals surface area contributed by atoms with Crippen LogP contribution in [0.15, 0.2) is 59.8 Å². The maximum atomic E-state index is 11.9. The van der Waals surface area contributed by atoms with Gasteiger partial charge in [0.25, 0.3) is 5.91 Å². The number of hydrogen-bond acceptors (Lipinski definition) is 3. The third kappa shape index (κ3) is 2.76. The standard InChI is InChI=1S/C16H14N4O/c17-13-5-3-4-11(8-13)16(21)20-19-10-12-9-18-15-7-2-1-6-14(12)15/h1-10,18H,17H2,(H,20,21)/b19-10-. The number of hydrogen-bond donors (Lipinski definition) is 3.